The molecular formula is C26H20N2O8S. The lowest BCUT2D eigenvalue weighted by molar-refractivity contribution is 0.381. The zero-order chi connectivity index (χ0) is 26.7. The number of fused-ring (bicyclic) bond motifs is 4. The zero-order valence-electron chi connectivity index (χ0n) is 18.9. The monoisotopic (exact) mass is 520 g/mol. The van der Waals surface area contributed by atoms with Crippen LogP contribution in [0.15, 0.2) is 84.9 Å². The molecule has 0 unspecified atom stereocenters. The second-order valence-corrected chi connectivity index (χ2v) is 8.83. The first-order valence-corrected chi connectivity index (χ1v) is 12.0. The van der Waals surface area contributed by atoms with Crippen molar-refractivity contribution in [2.24, 2.45) is 0 Å². The first kappa shape index (κ1) is 25.4. The normalized spacial score (nSPS) is 11.1. The summed E-state index contributed by atoms with van der Waals surface area (Å²) in [7, 11) is -4.67. The highest BCUT2D eigenvalue weighted by Gasteiger charge is 2.03. The van der Waals surface area contributed by atoms with Gasteiger partial charge in [-0.25, -0.2) is 9.97 Å². The first-order chi connectivity index (χ1) is 17.4. The fourth-order valence-corrected chi connectivity index (χ4v) is 3.60. The van der Waals surface area contributed by atoms with Gasteiger partial charge in [-0.15, -0.1) is 0 Å². The molecule has 0 aliphatic carbocycles. The lowest BCUT2D eigenvalue weighted by Gasteiger charge is -2.02. The number of aromatic nitrogens is 2. The summed E-state index contributed by atoms with van der Waals surface area (Å²) < 4.78 is 31.6. The van der Waals surface area contributed by atoms with Gasteiger partial charge in [-0.05, 0) is 60.7 Å². The van der Waals surface area contributed by atoms with Crippen LogP contribution in [0.3, 0.4) is 0 Å². The van der Waals surface area contributed by atoms with Gasteiger partial charge in [-0.1, -0.05) is 0 Å². The Morgan fingerprint density at radius 1 is 0.432 bits per heavy atom. The molecule has 4 aromatic carbocycles. The number of phenols is 4. The van der Waals surface area contributed by atoms with Crippen LogP contribution < -0.4 is 0 Å². The predicted molar refractivity (Wildman–Crippen MR) is 139 cm³/mol. The van der Waals surface area contributed by atoms with Crippen LogP contribution in [0.5, 0.6) is 23.0 Å². The number of pyridine rings is 2. The van der Waals surface area contributed by atoms with E-state index >= 15 is 0 Å². The second-order valence-electron chi connectivity index (χ2n) is 7.93. The van der Waals surface area contributed by atoms with Crippen molar-refractivity contribution in [2.75, 3.05) is 0 Å². The molecule has 0 aliphatic heterocycles. The van der Waals surface area contributed by atoms with Crippen molar-refractivity contribution in [2.45, 2.75) is 0 Å². The number of phenolic OH excluding ortho intramolecular Hbond substituents is 4. The predicted octanol–water partition coefficient (Wildman–Crippen LogP) is 4.95. The van der Waals surface area contributed by atoms with Crippen molar-refractivity contribution in [3.8, 4) is 23.0 Å². The highest BCUT2D eigenvalue weighted by Crippen LogP contribution is 2.26. The Kier molecular flexibility index (Phi) is 6.94. The molecule has 0 atom stereocenters. The van der Waals surface area contributed by atoms with Gasteiger partial charge in [0.05, 0.1) is 22.1 Å². The van der Waals surface area contributed by atoms with Crippen molar-refractivity contribution in [1.82, 2.24) is 9.97 Å². The van der Waals surface area contributed by atoms with Crippen LogP contribution in [0, 0.1) is 0 Å². The number of rotatable bonds is 0. The quantitative estimate of drug-likeness (QED) is 0.118. The van der Waals surface area contributed by atoms with Gasteiger partial charge < -0.3 is 20.4 Å². The van der Waals surface area contributed by atoms with Crippen molar-refractivity contribution < 1.29 is 37.9 Å². The van der Waals surface area contributed by atoms with E-state index in [0.29, 0.717) is 0 Å². The highest BCUT2D eigenvalue weighted by atomic mass is 32.3. The van der Waals surface area contributed by atoms with Crippen molar-refractivity contribution in [1.29, 1.82) is 0 Å². The van der Waals surface area contributed by atoms with Gasteiger partial charge >= 0.3 is 10.4 Å². The number of nitrogens with zero attached hydrogens (tertiary/aromatic N) is 2. The van der Waals surface area contributed by atoms with Gasteiger partial charge in [-0.3, -0.25) is 9.11 Å². The Morgan fingerprint density at radius 2 is 0.649 bits per heavy atom. The average molecular weight is 521 g/mol. The summed E-state index contributed by atoms with van der Waals surface area (Å²) >= 11 is 0. The summed E-state index contributed by atoms with van der Waals surface area (Å²) in [5, 5.41) is 41.3. The Morgan fingerprint density at radius 3 is 0.865 bits per heavy atom. The van der Waals surface area contributed by atoms with Crippen molar-refractivity contribution in [3.63, 3.8) is 0 Å². The maximum absolute atomic E-state index is 9.37. The fraction of sp³-hybridized carbons (Fsp3) is 0. The van der Waals surface area contributed by atoms with Crippen LogP contribution in [0.25, 0.3) is 43.6 Å². The van der Waals surface area contributed by atoms with Gasteiger partial charge in [0.25, 0.3) is 0 Å². The molecular weight excluding hydrogens is 500 g/mol. The van der Waals surface area contributed by atoms with E-state index in [9.17, 15) is 20.4 Å². The average Bonchev–Trinajstić information content (AvgIpc) is 2.81. The summed E-state index contributed by atoms with van der Waals surface area (Å²) in [4.78, 5) is 8.76. The zero-order valence-corrected chi connectivity index (χ0v) is 19.7. The molecule has 6 N–H and O–H groups in total. The minimum absolute atomic E-state index is 0.194. The van der Waals surface area contributed by atoms with Crippen LogP contribution in [-0.2, 0) is 10.4 Å². The molecule has 0 bridgehead atoms. The molecule has 0 amide bonds. The fourth-order valence-electron chi connectivity index (χ4n) is 3.60. The van der Waals surface area contributed by atoms with Crippen LogP contribution in [0.2, 0.25) is 0 Å². The minimum atomic E-state index is -4.67. The minimum Gasteiger partial charge on any atom is -0.508 e. The molecule has 188 valence electrons. The summed E-state index contributed by atoms with van der Waals surface area (Å²) in [5.41, 5.74) is 2.88. The third-order valence-corrected chi connectivity index (χ3v) is 5.16. The Hall–Kier alpha value is -4.71. The Bertz CT molecular complexity index is 1630. The molecule has 0 saturated carbocycles. The van der Waals surface area contributed by atoms with Crippen LogP contribution in [0.4, 0.5) is 0 Å². The lowest BCUT2D eigenvalue weighted by atomic mass is 10.1. The number of benzene rings is 4. The maximum Gasteiger partial charge on any atom is 0.394 e. The molecule has 6 aromatic rings. The SMILES string of the molecule is O=S(=O)(O)O.Oc1ccc2cc3ccc(O)cc3nc2c1.Oc1ccc2cc3ccc(O)cc3nc2c1. The third kappa shape index (κ3) is 6.70. The number of hydrogen-bond donors (Lipinski definition) is 6. The van der Waals surface area contributed by atoms with E-state index in [1.807, 2.05) is 36.4 Å². The van der Waals surface area contributed by atoms with Gasteiger partial charge in [0.1, 0.15) is 23.0 Å². The summed E-state index contributed by atoms with van der Waals surface area (Å²) in [6.45, 7) is 0. The molecule has 0 spiro atoms. The van der Waals surface area contributed by atoms with Crippen molar-refractivity contribution >= 4 is 54.0 Å². The van der Waals surface area contributed by atoms with E-state index in [1.165, 1.54) is 0 Å². The molecule has 10 nitrogen and oxygen atoms in total. The molecule has 0 fully saturated rings. The number of hydrogen-bond acceptors (Lipinski definition) is 8. The van der Waals surface area contributed by atoms with Gasteiger partial charge in [0, 0.05) is 45.8 Å². The molecule has 11 heteroatoms. The summed E-state index contributed by atoms with van der Waals surface area (Å²) in [6.07, 6.45) is 0. The van der Waals surface area contributed by atoms with E-state index in [0.717, 1.165) is 43.6 Å². The molecule has 37 heavy (non-hydrogen) atoms. The highest BCUT2D eigenvalue weighted by molar-refractivity contribution is 7.79. The molecule has 2 heterocycles. The van der Waals surface area contributed by atoms with Gasteiger partial charge in [-0.2, -0.15) is 8.42 Å². The third-order valence-electron chi connectivity index (χ3n) is 5.16. The Labute approximate surface area is 209 Å². The van der Waals surface area contributed by atoms with E-state index in [2.05, 4.69) is 9.97 Å². The lowest BCUT2D eigenvalue weighted by Crippen LogP contribution is -1.89. The summed E-state index contributed by atoms with van der Waals surface area (Å²) in [5.74, 6) is 0.776. The number of aromatic hydroxyl groups is 4. The standard InChI is InChI=1S/2C13H9NO2.H2O4S/c2*15-10-3-1-8-5-9-2-4-11(16)7-13(9)14-12(8)6-10;1-5(2,3)4/h2*1-7,15-16H;(H2,1,2,3,4). The Balaban J connectivity index is 0.000000147. The molecule has 0 radical (unpaired) electrons. The largest absolute Gasteiger partial charge is 0.508 e. The molecule has 0 aliphatic rings. The topological polar surface area (TPSA) is 181 Å². The first-order valence-electron chi connectivity index (χ1n) is 10.6. The van der Waals surface area contributed by atoms with E-state index in [-0.39, 0.29) is 23.0 Å². The van der Waals surface area contributed by atoms with E-state index in [1.54, 1.807) is 48.5 Å². The summed E-state index contributed by atoms with van der Waals surface area (Å²) in [6, 6.07) is 24.2. The van der Waals surface area contributed by atoms with Crippen LogP contribution in [-0.4, -0.2) is 47.9 Å². The van der Waals surface area contributed by atoms with Crippen LogP contribution in [0.1, 0.15) is 0 Å². The van der Waals surface area contributed by atoms with E-state index in [4.69, 9.17) is 17.5 Å². The van der Waals surface area contributed by atoms with Crippen LogP contribution >= 0.6 is 0 Å². The second kappa shape index (κ2) is 10.1. The maximum atomic E-state index is 9.37. The molecule has 6 rings (SSSR count). The smallest absolute Gasteiger partial charge is 0.394 e. The molecule has 0 saturated heterocycles. The van der Waals surface area contributed by atoms with Crippen molar-refractivity contribution in [3.05, 3.63) is 84.9 Å². The molecule has 2 aromatic heterocycles. The van der Waals surface area contributed by atoms with Gasteiger partial charge in [0.2, 0.25) is 0 Å². The van der Waals surface area contributed by atoms with Gasteiger partial charge in [0.15, 0.2) is 0 Å². The van der Waals surface area contributed by atoms with E-state index < -0.39 is 10.4 Å².